The molecule has 1 atom stereocenters. The fraction of sp³-hybridized carbons (Fsp3) is 0.250. The molecule has 1 N–H and O–H groups in total. The van der Waals surface area contributed by atoms with Crippen molar-refractivity contribution in [1.29, 1.82) is 0 Å². The van der Waals surface area contributed by atoms with Crippen molar-refractivity contribution in [3.05, 3.63) is 35.3 Å². The molecule has 6 heteroatoms. The molecule has 2 rings (SSSR count). The van der Waals surface area contributed by atoms with Gasteiger partial charge in [0.25, 0.3) is 5.91 Å². The maximum absolute atomic E-state index is 11.8. The van der Waals surface area contributed by atoms with E-state index in [1.165, 1.54) is 11.3 Å². The Morgan fingerprint density at radius 3 is 2.67 bits per heavy atom. The van der Waals surface area contributed by atoms with Gasteiger partial charge in [0.05, 0.1) is 0 Å². The van der Waals surface area contributed by atoms with Crippen molar-refractivity contribution in [2.24, 2.45) is 0 Å². The minimum atomic E-state index is -0.586. The number of rotatable bonds is 4. The maximum atomic E-state index is 11.8. The van der Waals surface area contributed by atoms with E-state index in [-0.39, 0.29) is 5.91 Å². The summed E-state index contributed by atoms with van der Waals surface area (Å²) < 4.78 is 5.50. The van der Waals surface area contributed by atoms with E-state index in [9.17, 15) is 4.79 Å². The number of aromatic nitrogens is 2. The van der Waals surface area contributed by atoms with Crippen LogP contribution < -0.4 is 10.1 Å². The van der Waals surface area contributed by atoms with Crippen LogP contribution in [0.5, 0.6) is 5.75 Å². The molecule has 0 saturated heterocycles. The first-order valence-electron chi connectivity index (χ1n) is 5.48. The second-order valence-corrected chi connectivity index (χ2v) is 4.87. The second-order valence-electron chi connectivity index (χ2n) is 3.69. The van der Waals surface area contributed by atoms with Crippen LogP contribution in [0.15, 0.2) is 30.3 Å². The van der Waals surface area contributed by atoms with Crippen LogP contribution in [0, 0.1) is 6.92 Å². The number of hydrogen-bond donors (Lipinski definition) is 1. The third-order valence-electron chi connectivity index (χ3n) is 2.18. The summed E-state index contributed by atoms with van der Waals surface area (Å²) in [7, 11) is 0. The van der Waals surface area contributed by atoms with E-state index < -0.39 is 6.10 Å². The molecule has 0 spiro atoms. The van der Waals surface area contributed by atoms with Gasteiger partial charge < -0.3 is 4.74 Å². The van der Waals surface area contributed by atoms with Crippen molar-refractivity contribution in [2.75, 3.05) is 5.32 Å². The lowest BCUT2D eigenvalue weighted by Gasteiger charge is -2.13. The Morgan fingerprint density at radius 2 is 2.06 bits per heavy atom. The van der Waals surface area contributed by atoms with Gasteiger partial charge >= 0.3 is 0 Å². The van der Waals surface area contributed by atoms with E-state index in [0.29, 0.717) is 10.9 Å². The quantitative estimate of drug-likeness (QED) is 0.919. The molecule has 0 fully saturated rings. The molecule has 0 aliphatic rings. The molecule has 0 unspecified atom stereocenters. The molecular weight excluding hydrogens is 250 g/mol. The summed E-state index contributed by atoms with van der Waals surface area (Å²) in [5, 5.41) is 11.6. The van der Waals surface area contributed by atoms with E-state index >= 15 is 0 Å². The molecule has 1 aromatic carbocycles. The van der Waals surface area contributed by atoms with E-state index in [0.717, 1.165) is 5.01 Å². The van der Waals surface area contributed by atoms with E-state index in [1.54, 1.807) is 19.1 Å². The van der Waals surface area contributed by atoms with Crippen LogP contribution in [0.1, 0.15) is 11.9 Å². The van der Waals surface area contributed by atoms with Crippen LogP contribution in [-0.4, -0.2) is 22.2 Å². The van der Waals surface area contributed by atoms with Gasteiger partial charge in [-0.05, 0) is 26.0 Å². The van der Waals surface area contributed by atoms with Gasteiger partial charge in [-0.3, -0.25) is 10.1 Å². The number of carbonyl (C=O) groups excluding carboxylic acids is 1. The number of amides is 1. The van der Waals surface area contributed by atoms with Crippen molar-refractivity contribution >= 4 is 22.4 Å². The maximum Gasteiger partial charge on any atom is 0.266 e. The van der Waals surface area contributed by atoms with Crippen LogP contribution in [0.2, 0.25) is 0 Å². The Balaban J connectivity index is 1.93. The largest absolute Gasteiger partial charge is 0.481 e. The summed E-state index contributed by atoms with van der Waals surface area (Å²) in [6, 6.07) is 9.21. The predicted molar refractivity (Wildman–Crippen MR) is 69.8 cm³/mol. The summed E-state index contributed by atoms with van der Waals surface area (Å²) in [5.74, 6) is 0.420. The third-order valence-corrected chi connectivity index (χ3v) is 2.94. The first-order valence-corrected chi connectivity index (χ1v) is 6.29. The Labute approximate surface area is 109 Å². The lowest BCUT2D eigenvalue weighted by atomic mass is 10.3. The van der Waals surface area contributed by atoms with Gasteiger partial charge in [0, 0.05) is 0 Å². The molecular formula is C12H13N3O2S. The van der Waals surface area contributed by atoms with Gasteiger partial charge in [-0.25, -0.2) is 0 Å². The molecule has 0 aliphatic heterocycles. The first kappa shape index (κ1) is 12.5. The molecule has 0 bridgehead atoms. The summed E-state index contributed by atoms with van der Waals surface area (Å²) in [4.78, 5) is 11.8. The van der Waals surface area contributed by atoms with E-state index in [4.69, 9.17) is 4.74 Å². The van der Waals surface area contributed by atoms with Crippen molar-refractivity contribution in [3.63, 3.8) is 0 Å². The zero-order valence-corrected chi connectivity index (χ0v) is 10.9. The predicted octanol–water partition coefficient (Wildman–Crippen LogP) is 2.25. The van der Waals surface area contributed by atoms with Crippen LogP contribution in [0.25, 0.3) is 0 Å². The number of aryl methyl sites for hydroxylation is 1. The SMILES string of the molecule is Cc1nnc(NC(=O)[C@@H](C)Oc2ccccc2)s1. The van der Waals surface area contributed by atoms with Crippen LogP contribution in [0.3, 0.4) is 0 Å². The molecule has 2 aromatic rings. The van der Waals surface area contributed by atoms with E-state index in [2.05, 4.69) is 15.5 Å². The third kappa shape index (κ3) is 3.27. The number of anilines is 1. The number of benzene rings is 1. The molecule has 0 saturated carbocycles. The van der Waals surface area contributed by atoms with Crippen LogP contribution in [0.4, 0.5) is 5.13 Å². The minimum absolute atomic E-state index is 0.241. The normalized spacial score (nSPS) is 11.9. The lowest BCUT2D eigenvalue weighted by molar-refractivity contribution is -0.122. The highest BCUT2D eigenvalue weighted by Gasteiger charge is 2.16. The number of nitrogens with zero attached hydrogens (tertiary/aromatic N) is 2. The number of nitrogens with one attached hydrogen (secondary N) is 1. The Kier molecular flexibility index (Phi) is 3.88. The summed E-state index contributed by atoms with van der Waals surface area (Å²) >= 11 is 1.33. The highest BCUT2D eigenvalue weighted by Crippen LogP contribution is 2.15. The standard InChI is InChI=1S/C12H13N3O2S/c1-8(17-10-6-4-3-5-7-10)11(16)13-12-15-14-9(2)18-12/h3-8H,1-2H3,(H,13,15,16)/t8-/m1/s1. The van der Waals surface area contributed by atoms with Crippen molar-refractivity contribution in [3.8, 4) is 5.75 Å². The van der Waals surface area contributed by atoms with Crippen molar-refractivity contribution in [2.45, 2.75) is 20.0 Å². The van der Waals surface area contributed by atoms with Gasteiger partial charge in [0.2, 0.25) is 5.13 Å². The number of ether oxygens (including phenoxy) is 1. The van der Waals surface area contributed by atoms with Gasteiger partial charge in [-0.15, -0.1) is 10.2 Å². The monoisotopic (exact) mass is 263 g/mol. The Hall–Kier alpha value is -1.95. The lowest BCUT2D eigenvalue weighted by Crippen LogP contribution is -2.30. The van der Waals surface area contributed by atoms with Crippen molar-refractivity contribution in [1.82, 2.24) is 10.2 Å². The van der Waals surface area contributed by atoms with Crippen molar-refractivity contribution < 1.29 is 9.53 Å². The highest BCUT2D eigenvalue weighted by atomic mass is 32.1. The summed E-state index contributed by atoms with van der Waals surface area (Å²) in [6.07, 6.45) is -0.586. The Morgan fingerprint density at radius 1 is 1.33 bits per heavy atom. The zero-order valence-electron chi connectivity index (χ0n) is 10.1. The first-order chi connectivity index (χ1) is 8.65. The van der Waals surface area contributed by atoms with Gasteiger partial charge in [0.15, 0.2) is 6.10 Å². The van der Waals surface area contributed by atoms with Gasteiger partial charge in [-0.1, -0.05) is 29.5 Å². The average molecular weight is 263 g/mol. The Bertz CT molecular complexity index is 527. The fourth-order valence-electron chi connectivity index (χ4n) is 1.31. The molecule has 1 amide bonds. The average Bonchev–Trinajstić information content (AvgIpc) is 2.76. The fourth-order valence-corrected chi connectivity index (χ4v) is 1.91. The molecule has 94 valence electrons. The van der Waals surface area contributed by atoms with Gasteiger partial charge in [-0.2, -0.15) is 0 Å². The molecule has 0 aliphatic carbocycles. The second kappa shape index (κ2) is 5.59. The van der Waals surface area contributed by atoms with E-state index in [1.807, 2.05) is 25.1 Å². The molecule has 1 heterocycles. The molecule has 1 aromatic heterocycles. The summed E-state index contributed by atoms with van der Waals surface area (Å²) in [6.45, 7) is 3.52. The highest BCUT2D eigenvalue weighted by molar-refractivity contribution is 7.15. The number of para-hydroxylation sites is 1. The number of carbonyl (C=O) groups is 1. The van der Waals surface area contributed by atoms with Crippen LogP contribution in [-0.2, 0) is 4.79 Å². The zero-order chi connectivity index (χ0) is 13.0. The smallest absolute Gasteiger partial charge is 0.266 e. The summed E-state index contributed by atoms with van der Waals surface area (Å²) in [5.41, 5.74) is 0. The molecule has 18 heavy (non-hydrogen) atoms. The number of hydrogen-bond acceptors (Lipinski definition) is 5. The molecule has 0 radical (unpaired) electrons. The van der Waals surface area contributed by atoms with Crippen LogP contribution >= 0.6 is 11.3 Å². The molecule has 5 nitrogen and oxygen atoms in total. The van der Waals surface area contributed by atoms with Gasteiger partial charge in [0.1, 0.15) is 10.8 Å². The topological polar surface area (TPSA) is 64.1 Å². The minimum Gasteiger partial charge on any atom is -0.481 e.